The van der Waals surface area contributed by atoms with Crippen molar-refractivity contribution in [2.45, 2.75) is 19.3 Å². The zero-order valence-electron chi connectivity index (χ0n) is 17.3. The number of nitrogens with one attached hydrogen (secondary N) is 1. The van der Waals surface area contributed by atoms with E-state index >= 15 is 0 Å². The van der Waals surface area contributed by atoms with Gasteiger partial charge >= 0.3 is 0 Å². The minimum Gasteiger partial charge on any atom is -0.379 e. The third kappa shape index (κ3) is 5.25. The molecule has 0 unspecified atom stereocenters. The Morgan fingerprint density at radius 2 is 2.00 bits per heavy atom. The normalized spacial score (nSPS) is 21.2. The molecular weight excluding hydrogens is 384 g/mol. The molecule has 1 aliphatic heterocycles. The van der Waals surface area contributed by atoms with Gasteiger partial charge in [0, 0.05) is 38.2 Å². The summed E-state index contributed by atoms with van der Waals surface area (Å²) in [6.45, 7) is 6.13. The van der Waals surface area contributed by atoms with E-state index in [-0.39, 0.29) is 30.2 Å². The van der Waals surface area contributed by atoms with Crippen molar-refractivity contribution < 1.29 is 18.8 Å². The first-order valence-electron chi connectivity index (χ1n) is 10.5. The first-order valence-corrected chi connectivity index (χ1v) is 10.5. The van der Waals surface area contributed by atoms with Crippen molar-refractivity contribution in [1.29, 1.82) is 0 Å². The zero-order valence-corrected chi connectivity index (χ0v) is 17.3. The van der Waals surface area contributed by atoms with E-state index in [1.807, 2.05) is 18.2 Å². The number of rotatable bonds is 8. The highest BCUT2D eigenvalue weighted by atomic mass is 16.5. The topological polar surface area (TPSA) is 87.9 Å². The maximum Gasteiger partial charge on any atom is 0.245 e. The summed E-state index contributed by atoms with van der Waals surface area (Å²) in [7, 11) is 0. The standard InChI is InChI=1S/C22H28N4O4/c1-16-13-20(24-30-16)23-21(27)15-26(8-7-25-9-11-29-12-10-25)22(28)19-14-18(19)17-5-3-2-4-6-17/h2-6,13,18-19H,7-12,14-15H2,1H3,(H,23,24,27)/t18-,19+/m0/s1. The van der Waals surface area contributed by atoms with Gasteiger partial charge in [-0.25, -0.2) is 0 Å². The van der Waals surface area contributed by atoms with E-state index in [0.29, 0.717) is 31.3 Å². The molecule has 8 heteroatoms. The molecule has 1 saturated carbocycles. The molecule has 1 aromatic carbocycles. The van der Waals surface area contributed by atoms with Crippen LogP contribution in [0.3, 0.4) is 0 Å². The Morgan fingerprint density at radius 1 is 1.23 bits per heavy atom. The van der Waals surface area contributed by atoms with Crippen molar-refractivity contribution in [1.82, 2.24) is 15.0 Å². The lowest BCUT2D eigenvalue weighted by Crippen LogP contribution is -2.46. The molecule has 1 saturated heterocycles. The van der Waals surface area contributed by atoms with E-state index in [1.165, 1.54) is 5.56 Å². The molecule has 4 rings (SSSR count). The molecule has 2 aromatic rings. The van der Waals surface area contributed by atoms with E-state index in [2.05, 4.69) is 27.5 Å². The van der Waals surface area contributed by atoms with Crippen LogP contribution in [-0.4, -0.2) is 72.7 Å². The van der Waals surface area contributed by atoms with Crippen LogP contribution >= 0.6 is 0 Å². The fraction of sp³-hybridized carbons (Fsp3) is 0.500. The average Bonchev–Trinajstić information content (AvgIpc) is 3.47. The van der Waals surface area contributed by atoms with E-state index in [4.69, 9.17) is 9.26 Å². The van der Waals surface area contributed by atoms with Crippen LogP contribution in [0.4, 0.5) is 5.82 Å². The van der Waals surface area contributed by atoms with E-state index in [0.717, 1.165) is 26.1 Å². The lowest BCUT2D eigenvalue weighted by Gasteiger charge is -2.30. The van der Waals surface area contributed by atoms with Gasteiger partial charge in [-0.2, -0.15) is 0 Å². The highest BCUT2D eigenvalue weighted by Crippen LogP contribution is 2.48. The number of anilines is 1. The second-order valence-corrected chi connectivity index (χ2v) is 7.94. The molecule has 30 heavy (non-hydrogen) atoms. The molecule has 2 heterocycles. The summed E-state index contributed by atoms with van der Waals surface area (Å²) in [6.07, 6.45) is 0.834. The molecule has 160 valence electrons. The van der Waals surface area contributed by atoms with Crippen LogP contribution in [0.1, 0.15) is 23.7 Å². The third-order valence-electron chi connectivity index (χ3n) is 5.67. The van der Waals surface area contributed by atoms with Gasteiger partial charge in [-0.1, -0.05) is 35.5 Å². The number of benzene rings is 1. The largest absolute Gasteiger partial charge is 0.379 e. The van der Waals surface area contributed by atoms with Gasteiger partial charge in [0.25, 0.3) is 0 Å². The number of hydrogen-bond acceptors (Lipinski definition) is 6. The number of ether oxygens (including phenoxy) is 1. The number of carbonyl (C=O) groups excluding carboxylic acids is 2. The van der Waals surface area contributed by atoms with Gasteiger partial charge in [0.05, 0.1) is 19.8 Å². The van der Waals surface area contributed by atoms with Crippen molar-refractivity contribution in [2.24, 2.45) is 5.92 Å². The first-order chi connectivity index (χ1) is 14.6. The van der Waals surface area contributed by atoms with Crippen LogP contribution in [0, 0.1) is 12.8 Å². The Balaban J connectivity index is 1.38. The maximum absolute atomic E-state index is 13.2. The Labute approximate surface area is 176 Å². The van der Waals surface area contributed by atoms with Gasteiger partial charge in [0.15, 0.2) is 5.82 Å². The van der Waals surface area contributed by atoms with Crippen molar-refractivity contribution in [3.8, 4) is 0 Å². The predicted molar refractivity (Wildman–Crippen MR) is 111 cm³/mol. The Morgan fingerprint density at radius 3 is 2.70 bits per heavy atom. The van der Waals surface area contributed by atoms with Crippen molar-refractivity contribution in [3.05, 3.63) is 47.7 Å². The first kappa shape index (κ1) is 20.6. The quantitative estimate of drug-likeness (QED) is 0.712. The van der Waals surface area contributed by atoms with E-state index < -0.39 is 0 Å². The molecule has 1 N–H and O–H groups in total. The third-order valence-corrected chi connectivity index (χ3v) is 5.67. The predicted octanol–water partition coefficient (Wildman–Crippen LogP) is 1.89. The number of hydrogen-bond donors (Lipinski definition) is 1. The number of amides is 2. The van der Waals surface area contributed by atoms with E-state index in [1.54, 1.807) is 17.9 Å². The molecule has 8 nitrogen and oxygen atoms in total. The Hall–Kier alpha value is -2.71. The van der Waals surface area contributed by atoms with Crippen molar-refractivity contribution >= 4 is 17.6 Å². The summed E-state index contributed by atoms with van der Waals surface area (Å²) in [4.78, 5) is 29.7. The summed E-state index contributed by atoms with van der Waals surface area (Å²) in [6, 6.07) is 11.8. The molecule has 2 atom stereocenters. The van der Waals surface area contributed by atoms with Gasteiger partial charge in [0.1, 0.15) is 5.76 Å². The zero-order chi connectivity index (χ0) is 20.9. The summed E-state index contributed by atoms with van der Waals surface area (Å²) in [5.41, 5.74) is 1.19. The number of morpholine rings is 1. The van der Waals surface area contributed by atoms with Crippen LogP contribution in [0.15, 0.2) is 40.9 Å². The molecule has 2 amide bonds. The second-order valence-electron chi connectivity index (χ2n) is 7.94. The van der Waals surface area contributed by atoms with Gasteiger partial charge in [-0.3, -0.25) is 14.5 Å². The lowest BCUT2D eigenvalue weighted by molar-refractivity contribution is -0.136. The van der Waals surface area contributed by atoms with Gasteiger partial charge in [-0.15, -0.1) is 0 Å². The number of aryl methyl sites for hydroxylation is 1. The highest BCUT2D eigenvalue weighted by Gasteiger charge is 2.45. The smallest absolute Gasteiger partial charge is 0.245 e. The summed E-state index contributed by atoms with van der Waals surface area (Å²) in [5.74, 6) is 0.949. The monoisotopic (exact) mass is 412 g/mol. The number of nitrogens with zero attached hydrogens (tertiary/aromatic N) is 3. The minimum atomic E-state index is -0.268. The molecule has 0 spiro atoms. The molecule has 1 aliphatic carbocycles. The van der Waals surface area contributed by atoms with Crippen molar-refractivity contribution in [3.63, 3.8) is 0 Å². The van der Waals surface area contributed by atoms with Gasteiger partial charge in [-0.05, 0) is 24.8 Å². The average molecular weight is 412 g/mol. The molecular formula is C22H28N4O4. The van der Waals surface area contributed by atoms with Crippen LogP contribution < -0.4 is 5.32 Å². The van der Waals surface area contributed by atoms with Crippen LogP contribution in [0.5, 0.6) is 0 Å². The summed E-state index contributed by atoms with van der Waals surface area (Å²) < 4.78 is 10.4. The second kappa shape index (κ2) is 9.40. The molecule has 0 bridgehead atoms. The van der Waals surface area contributed by atoms with Gasteiger partial charge in [0.2, 0.25) is 11.8 Å². The highest BCUT2D eigenvalue weighted by molar-refractivity contribution is 5.94. The van der Waals surface area contributed by atoms with Crippen LogP contribution in [0.25, 0.3) is 0 Å². The fourth-order valence-corrected chi connectivity index (χ4v) is 3.91. The number of aromatic nitrogens is 1. The maximum atomic E-state index is 13.2. The lowest BCUT2D eigenvalue weighted by atomic mass is 10.1. The Kier molecular flexibility index (Phi) is 6.44. The minimum absolute atomic E-state index is 0.00703. The molecule has 2 fully saturated rings. The summed E-state index contributed by atoms with van der Waals surface area (Å²) >= 11 is 0. The van der Waals surface area contributed by atoms with Crippen molar-refractivity contribution in [2.75, 3.05) is 51.3 Å². The van der Waals surface area contributed by atoms with Crippen LogP contribution in [0.2, 0.25) is 0 Å². The molecule has 1 aromatic heterocycles. The van der Waals surface area contributed by atoms with Gasteiger partial charge < -0.3 is 19.5 Å². The fourth-order valence-electron chi connectivity index (χ4n) is 3.91. The Bertz CT molecular complexity index is 863. The van der Waals surface area contributed by atoms with Crippen LogP contribution in [-0.2, 0) is 14.3 Å². The van der Waals surface area contributed by atoms with E-state index in [9.17, 15) is 9.59 Å². The molecule has 2 aliphatic rings. The SMILES string of the molecule is Cc1cc(NC(=O)CN(CCN2CCOCC2)C(=O)[C@@H]2C[C@H]2c2ccccc2)no1. The number of carbonyl (C=O) groups is 2. The molecule has 0 radical (unpaired) electrons. The summed E-state index contributed by atoms with van der Waals surface area (Å²) in [5, 5.41) is 6.51.